The van der Waals surface area contributed by atoms with E-state index < -0.39 is 0 Å². The van der Waals surface area contributed by atoms with Gasteiger partial charge in [-0.1, -0.05) is 12.1 Å². The Bertz CT molecular complexity index is 613. The first-order valence-electron chi connectivity index (χ1n) is 9.04. The molecule has 24 heavy (non-hydrogen) atoms. The highest BCUT2D eigenvalue weighted by Crippen LogP contribution is 2.43. The van der Waals surface area contributed by atoms with Gasteiger partial charge in [0, 0.05) is 12.1 Å². The number of ether oxygens (including phenoxy) is 3. The Morgan fingerprint density at radius 3 is 2.96 bits per heavy atom. The number of rotatable bonds is 5. The summed E-state index contributed by atoms with van der Waals surface area (Å²) in [5, 5.41) is 0. The molecule has 5 nitrogen and oxygen atoms in total. The Labute approximate surface area is 142 Å². The molecule has 3 aliphatic rings. The van der Waals surface area contributed by atoms with Crippen molar-refractivity contribution in [3.05, 3.63) is 23.8 Å². The zero-order valence-corrected chi connectivity index (χ0v) is 14.2. The Morgan fingerprint density at radius 2 is 2.12 bits per heavy atom. The molecular weight excluding hydrogens is 306 g/mol. The van der Waals surface area contributed by atoms with E-state index in [0.29, 0.717) is 25.7 Å². The molecule has 4 rings (SSSR count). The molecule has 1 aliphatic carbocycles. The number of amides is 1. The second-order valence-electron chi connectivity index (χ2n) is 6.98. The molecule has 1 aromatic carbocycles. The highest BCUT2D eigenvalue weighted by molar-refractivity contribution is 5.81. The van der Waals surface area contributed by atoms with Crippen LogP contribution in [0, 0.1) is 5.92 Å². The minimum atomic E-state index is -0.372. The zero-order valence-electron chi connectivity index (χ0n) is 14.2. The van der Waals surface area contributed by atoms with Gasteiger partial charge in [-0.15, -0.1) is 0 Å². The summed E-state index contributed by atoms with van der Waals surface area (Å²) in [6, 6.07) is 6.03. The summed E-state index contributed by atoms with van der Waals surface area (Å²) in [5.74, 6) is 2.35. The second kappa shape index (κ2) is 6.63. The number of hydrogen-bond acceptors (Lipinski definition) is 4. The maximum absolute atomic E-state index is 12.9. The minimum Gasteiger partial charge on any atom is -0.486 e. The van der Waals surface area contributed by atoms with Gasteiger partial charge in [-0.05, 0) is 44.6 Å². The number of hydrogen-bond donors (Lipinski definition) is 0. The minimum absolute atomic E-state index is 0.0566. The van der Waals surface area contributed by atoms with Gasteiger partial charge in [0.05, 0.1) is 12.6 Å². The van der Waals surface area contributed by atoms with E-state index in [9.17, 15) is 4.79 Å². The van der Waals surface area contributed by atoms with Gasteiger partial charge >= 0.3 is 0 Å². The van der Waals surface area contributed by atoms with E-state index in [1.807, 2.05) is 24.0 Å². The van der Waals surface area contributed by atoms with Crippen LogP contribution in [0.4, 0.5) is 0 Å². The van der Waals surface area contributed by atoms with E-state index in [4.69, 9.17) is 14.2 Å². The molecular formula is C19H25NO4. The number of para-hydroxylation sites is 1. The second-order valence-corrected chi connectivity index (χ2v) is 6.98. The molecule has 2 fully saturated rings. The predicted molar refractivity (Wildman–Crippen MR) is 89.3 cm³/mol. The molecule has 1 saturated heterocycles. The summed E-state index contributed by atoms with van der Waals surface area (Å²) in [6.45, 7) is 4.51. The first-order valence-corrected chi connectivity index (χ1v) is 9.04. The summed E-state index contributed by atoms with van der Waals surface area (Å²) in [6.07, 6.45) is 4.07. The molecule has 2 atom stereocenters. The van der Waals surface area contributed by atoms with E-state index >= 15 is 0 Å². The van der Waals surface area contributed by atoms with Crippen molar-refractivity contribution < 1.29 is 19.0 Å². The van der Waals surface area contributed by atoms with Crippen molar-refractivity contribution in [3.63, 3.8) is 0 Å². The smallest absolute Gasteiger partial charge is 0.251 e. The van der Waals surface area contributed by atoms with Crippen molar-refractivity contribution in [1.82, 2.24) is 4.90 Å². The van der Waals surface area contributed by atoms with Crippen LogP contribution < -0.4 is 9.47 Å². The molecule has 0 spiro atoms. The first kappa shape index (κ1) is 15.8. The molecule has 0 radical (unpaired) electrons. The Balaban J connectivity index is 1.51. The molecule has 0 bridgehead atoms. The monoisotopic (exact) mass is 331 g/mol. The van der Waals surface area contributed by atoms with Crippen LogP contribution >= 0.6 is 0 Å². The lowest BCUT2D eigenvalue weighted by Crippen LogP contribution is -2.39. The topological polar surface area (TPSA) is 48.0 Å². The SMILES string of the molecule is C[C@@H](OCC1CC1)C(=O)N1CCC[C@@H]1c1cccc2c1OCCO2. The summed E-state index contributed by atoms with van der Waals surface area (Å²) < 4.78 is 17.3. The maximum atomic E-state index is 12.9. The fraction of sp³-hybridized carbons (Fsp3) is 0.632. The van der Waals surface area contributed by atoms with Crippen LogP contribution in [0.15, 0.2) is 18.2 Å². The summed E-state index contributed by atoms with van der Waals surface area (Å²) in [7, 11) is 0. The van der Waals surface area contributed by atoms with E-state index in [2.05, 4.69) is 6.07 Å². The van der Waals surface area contributed by atoms with Gasteiger partial charge < -0.3 is 19.1 Å². The molecule has 130 valence electrons. The first-order chi connectivity index (χ1) is 11.7. The van der Waals surface area contributed by atoms with Gasteiger partial charge in [0.2, 0.25) is 0 Å². The molecule has 0 aromatic heterocycles. The molecule has 1 saturated carbocycles. The number of carbonyl (C=O) groups excluding carboxylic acids is 1. The molecule has 2 aliphatic heterocycles. The highest BCUT2D eigenvalue weighted by atomic mass is 16.6. The molecule has 2 heterocycles. The number of carbonyl (C=O) groups is 1. The standard InChI is InChI=1S/C19H25NO4/c1-13(24-12-14-7-8-14)19(21)20-9-3-5-16(20)15-4-2-6-17-18(15)23-11-10-22-17/h2,4,6,13-14,16H,3,5,7-12H2,1H3/t13-,16-/m1/s1. The third kappa shape index (κ3) is 3.09. The molecule has 5 heteroatoms. The van der Waals surface area contributed by atoms with Crippen LogP contribution in [0.1, 0.15) is 44.2 Å². The lowest BCUT2D eigenvalue weighted by Gasteiger charge is -2.30. The third-order valence-corrected chi connectivity index (χ3v) is 5.12. The molecule has 1 amide bonds. The van der Waals surface area contributed by atoms with Crippen LogP contribution in [-0.4, -0.2) is 43.3 Å². The number of fused-ring (bicyclic) bond motifs is 1. The van der Waals surface area contributed by atoms with Crippen molar-refractivity contribution >= 4 is 5.91 Å². The van der Waals surface area contributed by atoms with Gasteiger partial charge in [0.15, 0.2) is 11.5 Å². The van der Waals surface area contributed by atoms with E-state index in [1.165, 1.54) is 12.8 Å². The lowest BCUT2D eigenvalue weighted by atomic mass is 10.0. The lowest BCUT2D eigenvalue weighted by molar-refractivity contribution is -0.144. The Hall–Kier alpha value is -1.75. The maximum Gasteiger partial charge on any atom is 0.251 e. The summed E-state index contributed by atoms with van der Waals surface area (Å²) in [4.78, 5) is 14.8. The fourth-order valence-electron chi connectivity index (χ4n) is 3.58. The quantitative estimate of drug-likeness (QED) is 0.832. The predicted octanol–water partition coefficient (Wildman–Crippen LogP) is 2.94. The average Bonchev–Trinajstić information content (AvgIpc) is 3.33. The van der Waals surface area contributed by atoms with Gasteiger partial charge in [-0.25, -0.2) is 0 Å². The van der Waals surface area contributed by atoms with Crippen molar-refractivity contribution in [2.24, 2.45) is 5.92 Å². The molecule has 0 N–H and O–H groups in total. The normalized spacial score (nSPS) is 24.0. The van der Waals surface area contributed by atoms with Crippen LogP contribution in [0.3, 0.4) is 0 Å². The number of benzene rings is 1. The van der Waals surface area contributed by atoms with Gasteiger partial charge in [0.1, 0.15) is 19.3 Å². The van der Waals surface area contributed by atoms with Crippen molar-refractivity contribution in [2.45, 2.75) is 44.8 Å². The van der Waals surface area contributed by atoms with Crippen molar-refractivity contribution in [2.75, 3.05) is 26.4 Å². The average molecular weight is 331 g/mol. The van der Waals surface area contributed by atoms with Crippen molar-refractivity contribution in [1.29, 1.82) is 0 Å². The summed E-state index contributed by atoms with van der Waals surface area (Å²) in [5.41, 5.74) is 1.06. The summed E-state index contributed by atoms with van der Waals surface area (Å²) >= 11 is 0. The van der Waals surface area contributed by atoms with E-state index in [-0.39, 0.29) is 18.1 Å². The van der Waals surface area contributed by atoms with E-state index in [1.54, 1.807) is 0 Å². The van der Waals surface area contributed by atoms with Crippen LogP contribution in [0.25, 0.3) is 0 Å². The fourth-order valence-corrected chi connectivity index (χ4v) is 3.58. The van der Waals surface area contributed by atoms with Gasteiger partial charge in [-0.3, -0.25) is 4.79 Å². The Kier molecular flexibility index (Phi) is 4.35. The molecule has 0 unspecified atom stereocenters. The van der Waals surface area contributed by atoms with Crippen LogP contribution in [0.2, 0.25) is 0 Å². The molecule has 1 aromatic rings. The van der Waals surface area contributed by atoms with Crippen molar-refractivity contribution in [3.8, 4) is 11.5 Å². The van der Waals surface area contributed by atoms with Crippen LogP contribution in [0.5, 0.6) is 11.5 Å². The van der Waals surface area contributed by atoms with Crippen LogP contribution in [-0.2, 0) is 9.53 Å². The largest absolute Gasteiger partial charge is 0.486 e. The number of likely N-dealkylation sites (tertiary alicyclic amines) is 1. The van der Waals surface area contributed by atoms with Gasteiger partial charge in [-0.2, -0.15) is 0 Å². The van der Waals surface area contributed by atoms with E-state index in [0.717, 1.165) is 36.4 Å². The Morgan fingerprint density at radius 1 is 1.29 bits per heavy atom. The highest BCUT2D eigenvalue weighted by Gasteiger charge is 2.36. The van der Waals surface area contributed by atoms with Gasteiger partial charge in [0.25, 0.3) is 5.91 Å². The zero-order chi connectivity index (χ0) is 16.5. The third-order valence-electron chi connectivity index (χ3n) is 5.12. The number of nitrogens with zero attached hydrogens (tertiary/aromatic N) is 1.